The highest BCUT2D eigenvalue weighted by atomic mass is 15.2. The van der Waals surface area contributed by atoms with Crippen LogP contribution in [0.4, 0.5) is 5.69 Å². The quantitative estimate of drug-likeness (QED) is 0.841. The van der Waals surface area contributed by atoms with Crippen molar-refractivity contribution < 1.29 is 0 Å². The van der Waals surface area contributed by atoms with Gasteiger partial charge in [-0.05, 0) is 56.2 Å². The molecule has 1 aliphatic heterocycles. The maximum Gasteiger partial charge on any atom is 0.0347 e. The first kappa shape index (κ1) is 13.0. The predicted octanol–water partition coefficient (Wildman–Crippen LogP) is 3.47. The summed E-state index contributed by atoms with van der Waals surface area (Å²) in [5, 5.41) is 0. The number of likely N-dealkylation sites (tertiary alicyclic amines) is 1. The Bertz CT molecular complexity index is 413. The lowest BCUT2D eigenvalue weighted by Gasteiger charge is -2.44. The Balaban J connectivity index is 1.61. The Morgan fingerprint density at radius 3 is 2.74 bits per heavy atom. The number of nitrogen functional groups attached to an aromatic ring is 1. The van der Waals surface area contributed by atoms with Crippen LogP contribution in [0.3, 0.4) is 0 Å². The fourth-order valence-electron chi connectivity index (χ4n) is 4.03. The topological polar surface area (TPSA) is 29.3 Å². The summed E-state index contributed by atoms with van der Waals surface area (Å²) >= 11 is 0. The smallest absolute Gasteiger partial charge is 0.0347 e. The summed E-state index contributed by atoms with van der Waals surface area (Å²) in [6.45, 7) is 2.49. The number of anilines is 1. The molecule has 2 fully saturated rings. The Morgan fingerprint density at radius 2 is 1.84 bits per heavy atom. The van der Waals surface area contributed by atoms with Gasteiger partial charge in [0.2, 0.25) is 0 Å². The molecule has 104 valence electrons. The number of para-hydroxylation sites is 1. The standard InChI is InChI=1S/C17H26N2/c18-16-9-3-1-6-14(16)11-13-19-12-5-8-15-7-2-4-10-17(15)19/h1,3,6,9,15,17H,2,4-5,7-8,10-13,18H2/t15-,17-/m1/s1. The van der Waals surface area contributed by atoms with Crippen molar-refractivity contribution in [3.05, 3.63) is 29.8 Å². The molecule has 0 aromatic heterocycles. The second-order valence-corrected chi connectivity index (χ2v) is 6.24. The first-order valence-electron chi connectivity index (χ1n) is 7.92. The summed E-state index contributed by atoms with van der Waals surface area (Å²) in [6, 6.07) is 9.20. The molecule has 3 rings (SSSR count). The zero-order valence-corrected chi connectivity index (χ0v) is 11.9. The largest absolute Gasteiger partial charge is 0.399 e. The summed E-state index contributed by atoms with van der Waals surface area (Å²) in [7, 11) is 0. The number of nitrogens with two attached hydrogens (primary N) is 1. The molecule has 2 N–H and O–H groups in total. The van der Waals surface area contributed by atoms with Crippen LogP contribution in [0.1, 0.15) is 44.1 Å². The van der Waals surface area contributed by atoms with E-state index in [2.05, 4.69) is 17.0 Å². The molecule has 2 aliphatic rings. The van der Waals surface area contributed by atoms with Gasteiger partial charge in [-0.25, -0.2) is 0 Å². The van der Waals surface area contributed by atoms with E-state index in [0.29, 0.717) is 0 Å². The first-order valence-corrected chi connectivity index (χ1v) is 7.92. The van der Waals surface area contributed by atoms with Crippen LogP contribution >= 0.6 is 0 Å². The average molecular weight is 258 g/mol. The lowest BCUT2D eigenvalue weighted by Crippen LogP contribution is -2.47. The molecule has 2 atom stereocenters. The number of hydrogen-bond donors (Lipinski definition) is 1. The lowest BCUT2D eigenvalue weighted by atomic mass is 9.78. The van der Waals surface area contributed by atoms with Gasteiger partial charge in [-0.1, -0.05) is 31.0 Å². The van der Waals surface area contributed by atoms with Crippen molar-refractivity contribution in [3.63, 3.8) is 0 Å². The van der Waals surface area contributed by atoms with Gasteiger partial charge in [0.25, 0.3) is 0 Å². The fourth-order valence-corrected chi connectivity index (χ4v) is 4.03. The molecular formula is C17H26N2. The zero-order valence-electron chi connectivity index (χ0n) is 11.9. The van der Waals surface area contributed by atoms with Crippen molar-refractivity contribution in [2.24, 2.45) is 5.92 Å². The summed E-state index contributed by atoms with van der Waals surface area (Å²) in [5.74, 6) is 0.982. The van der Waals surface area contributed by atoms with E-state index in [4.69, 9.17) is 5.73 Å². The van der Waals surface area contributed by atoms with Crippen molar-refractivity contribution in [3.8, 4) is 0 Å². The maximum atomic E-state index is 6.05. The van der Waals surface area contributed by atoms with Crippen molar-refractivity contribution in [2.45, 2.75) is 51.0 Å². The molecule has 0 bridgehead atoms. The summed E-state index contributed by atoms with van der Waals surface area (Å²) in [5.41, 5.74) is 8.33. The van der Waals surface area contributed by atoms with Crippen molar-refractivity contribution >= 4 is 5.69 Å². The molecule has 0 spiro atoms. The zero-order chi connectivity index (χ0) is 13.1. The summed E-state index contributed by atoms with van der Waals surface area (Å²) in [6.07, 6.45) is 9.76. The highest BCUT2D eigenvalue weighted by Gasteiger charge is 2.32. The van der Waals surface area contributed by atoms with E-state index in [-0.39, 0.29) is 0 Å². The van der Waals surface area contributed by atoms with Crippen LogP contribution in [-0.2, 0) is 6.42 Å². The van der Waals surface area contributed by atoms with E-state index in [9.17, 15) is 0 Å². The van der Waals surface area contributed by atoms with E-state index in [1.54, 1.807) is 0 Å². The molecule has 1 saturated heterocycles. The molecule has 1 aromatic carbocycles. The molecule has 0 amide bonds. The van der Waals surface area contributed by atoms with Gasteiger partial charge >= 0.3 is 0 Å². The van der Waals surface area contributed by atoms with Crippen LogP contribution < -0.4 is 5.73 Å². The van der Waals surface area contributed by atoms with Gasteiger partial charge in [0, 0.05) is 18.3 Å². The number of rotatable bonds is 3. The van der Waals surface area contributed by atoms with Crippen LogP contribution in [0.15, 0.2) is 24.3 Å². The van der Waals surface area contributed by atoms with Gasteiger partial charge in [0.05, 0.1) is 0 Å². The Kier molecular flexibility index (Phi) is 4.07. The second-order valence-electron chi connectivity index (χ2n) is 6.24. The van der Waals surface area contributed by atoms with Gasteiger partial charge in [0.1, 0.15) is 0 Å². The number of hydrogen-bond acceptors (Lipinski definition) is 2. The molecule has 2 nitrogen and oxygen atoms in total. The summed E-state index contributed by atoms with van der Waals surface area (Å²) < 4.78 is 0. The molecule has 0 radical (unpaired) electrons. The molecule has 0 unspecified atom stereocenters. The Labute approximate surface area is 117 Å². The van der Waals surface area contributed by atoms with Gasteiger partial charge in [-0.3, -0.25) is 4.90 Å². The first-order chi connectivity index (χ1) is 9.34. The van der Waals surface area contributed by atoms with Gasteiger partial charge < -0.3 is 5.73 Å². The average Bonchev–Trinajstić information content (AvgIpc) is 2.46. The Morgan fingerprint density at radius 1 is 1.05 bits per heavy atom. The SMILES string of the molecule is Nc1ccccc1CCN1CCC[C@H]2CCCC[C@H]21. The molecule has 1 aliphatic carbocycles. The predicted molar refractivity (Wildman–Crippen MR) is 81.1 cm³/mol. The molecule has 19 heavy (non-hydrogen) atoms. The van der Waals surface area contributed by atoms with Gasteiger partial charge in [-0.15, -0.1) is 0 Å². The highest BCUT2D eigenvalue weighted by Crippen LogP contribution is 2.35. The van der Waals surface area contributed by atoms with Crippen LogP contribution in [0.5, 0.6) is 0 Å². The fraction of sp³-hybridized carbons (Fsp3) is 0.647. The molecular weight excluding hydrogens is 232 g/mol. The van der Waals surface area contributed by atoms with Gasteiger partial charge in [0.15, 0.2) is 0 Å². The third-order valence-corrected chi connectivity index (χ3v) is 5.08. The summed E-state index contributed by atoms with van der Waals surface area (Å²) in [4.78, 5) is 2.75. The van der Waals surface area contributed by atoms with E-state index >= 15 is 0 Å². The second kappa shape index (κ2) is 5.96. The van der Waals surface area contributed by atoms with E-state index < -0.39 is 0 Å². The van der Waals surface area contributed by atoms with Crippen LogP contribution in [0.2, 0.25) is 0 Å². The molecule has 1 heterocycles. The minimum Gasteiger partial charge on any atom is -0.399 e. The van der Waals surface area contributed by atoms with Crippen LogP contribution in [0, 0.1) is 5.92 Å². The third kappa shape index (κ3) is 2.94. The van der Waals surface area contributed by atoms with Crippen molar-refractivity contribution in [1.29, 1.82) is 0 Å². The highest BCUT2D eigenvalue weighted by molar-refractivity contribution is 5.46. The number of fused-ring (bicyclic) bond motifs is 1. The van der Waals surface area contributed by atoms with Crippen LogP contribution in [-0.4, -0.2) is 24.0 Å². The molecule has 1 saturated carbocycles. The van der Waals surface area contributed by atoms with Crippen molar-refractivity contribution in [1.82, 2.24) is 4.90 Å². The van der Waals surface area contributed by atoms with E-state index in [0.717, 1.165) is 24.1 Å². The minimum absolute atomic E-state index is 0.868. The lowest BCUT2D eigenvalue weighted by molar-refractivity contribution is 0.0620. The normalized spacial score (nSPS) is 28.0. The van der Waals surface area contributed by atoms with Crippen LogP contribution in [0.25, 0.3) is 0 Å². The van der Waals surface area contributed by atoms with Gasteiger partial charge in [-0.2, -0.15) is 0 Å². The number of benzene rings is 1. The minimum atomic E-state index is 0.868. The van der Waals surface area contributed by atoms with Crippen molar-refractivity contribution in [2.75, 3.05) is 18.8 Å². The maximum absolute atomic E-state index is 6.05. The number of piperidine rings is 1. The Hall–Kier alpha value is -1.02. The monoisotopic (exact) mass is 258 g/mol. The molecule has 1 aromatic rings. The third-order valence-electron chi connectivity index (χ3n) is 5.08. The number of nitrogens with zero attached hydrogens (tertiary/aromatic N) is 1. The van der Waals surface area contributed by atoms with E-state index in [1.165, 1.54) is 57.2 Å². The molecule has 2 heteroatoms. The van der Waals surface area contributed by atoms with E-state index in [1.807, 2.05) is 12.1 Å².